The smallest absolute Gasteiger partial charge is 0.148 e. The van der Waals surface area contributed by atoms with Crippen molar-refractivity contribution in [2.75, 3.05) is 12.4 Å². The van der Waals surface area contributed by atoms with Gasteiger partial charge < -0.3 is 10.1 Å². The van der Waals surface area contributed by atoms with Gasteiger partial charge in [0.25, 0.3) is 0 Å². The Labute approximate surface area is 163 Å². The summed E-state index contributed by atoms with van der Waals surface area (Å²) < 4.78 is 5.74. The largest absolute Gasteiger partial charge is 0.496 e. The topological polar surface area (TPSA) is 47.0 Å². The van der Waals surface area contributed by atoms with Crippen molar-refractivity contribution in [3.05, 3.63) is 34.6 Å². The van der Waals surface area contributed by atoms with Gasteiger partial charge in [-0.1, -0.05) is 27.2 Å². The standard InChI is InChI=1S/C23H33N3O/c1-6-10-15(4)24-23-20(8-3)25-22(19(7-2)26-23)18-13-16-11-9-12-17(16)14-21(18)27-5/h13-15H,6-12H2,1-5H3,(H,24,26). The molecular formula is C23H33N3O. The van der Waals surface area contributed by atoms with Crippen LogP contribution < -0.4 is 10.1 Å². The summed E-state index contributed by atoms with van der Waals surface area (Å²) in [4.78, 5) is 10.1. The predicted molar refractivity (Wildman–Crippen MR) is 113 cm³/mol. The first-order chi connectivity index (χ1) is 13.1. The lowest BCUT2D eigenvalue weighted by Crippen LogP contribution is -2.18. The summed E-state index contributed by atoms with van der Waals surface area (Å²) in [6.45, 7) is 8.73. The Morgan fingerprint density at radius 3 is 2.37 bits per heavy atom. The first-order valence-corrected chi connectivity index (χ1v) is 10.5. The van der Waals surface area contributed by atoms with Crippen molar-refractivity contribution >= 4 is 5.82 Å². The molecule has 1 aliphatic rings. The third-order valence-corrected chi connectivity index (χ3v) is 5.48. The number of aryl methyl sites for hydroxylation is 4. The predicted octanol–water partition coefficient (Wildman–Crippen LogP) is 5.37. The number of anilines is 1. The molecule has 1 atom stereocenters. The molecule has 1 unspecified atom stereocenters. The first-order valence-electron chi connectivity index (χ1n) is 10.5. The highest BCUT2D eigenvalue weighted by Crippen LogP contribution is 2.37. The second-order valence-corrected chi connectivity index (χ2v) is 7.53. The van der Waals surface area contributed by atoms with Crippen LogP contribution >= 0.6 is 0 Å². The van der Waals surface area contributed by atoms with Gasteiger partial charge in [0.2, 0.25) is 0 Å². The zero-order valence-electron chi connectivity index (χ0n) is 17.5. The van der Waals surface area contributed by atoms with Gasteiger partial charge in [-0.05, 0) is 68.7 Å². The van der Waals surface area contributed by atoms with Crippen molar-refractivity contribution in [2.24, 2.45) is 0 Å². The maximum Gasteiger partial charge on any atom is 0.148 e. The van der Waals surface area contributed by atoms with Gasteiger partial charge in [0.05, 0.1) is 24.2 Å². The summed E-state index contributed by atoms with van der Waals surface area (Å²) in [7, 11) is 1.75. The summed E-state index contributed by atoms with van der Waals surface area (Å²) in [6.07, 6.45) is 7.53. The molecule has 3 rings (SSSR count). The number of nitrogens with zero attached hydrogens (tertiary/aromatic N) is 2. The van der Waals surface area contributed by atoms with Gasteiger partial charge in [-0.3, -0.25) is 0 Å². The van der Waals surface area contributed by atoms with Gasteiger partial charge in [-0.15, -0.1) is 0 Å². The Hall–Kier alpha value is -2.10. The monoisotopic (exact) mass is 367 g/mol. The van der Waals surface area contributed by atoms with Crippen molar-refractivity contribution < 1.29 is 4.74 Å². The van der Waals surface area contributed by atoms with Crippen LogP contribution in [0.25, 0.3) is 11.3 Å². The second-order valence-electron chi connectivity index (χ2n) is 7.53. The summed E-state index contributed by atoms with van der Waals surface area (Å²) in [5.74, 6) is 1.86. The number of hydrogen-bond donors (Lipinski definition) is 1. The van der Waals surface area contributed by atoms with Crippen LogP contribution in [0.3, 0.4) is 0 Å². The van der Waals surface area contributed by atoms with E-state index in [4.69, 9.17) is 14.7 Å². The third-order valence-electron chi connectivity index (χ3n) is 5.48. The molecule has 0 radical (unpaired) electrons. The number of hydrogen-bond acceptors (Lipinski definition) is 4. The van der Waals surface area contributed by atoms with E-state index in [0.29, 0.717) is 6.04 Å². The van der Waals surface area contributed by atoms with Gasteiger partial charge >= 0.3 is 0 Å². The lowest BCUT2D eigenvalue weighted by Gasteiger charge is -2.19. The summed E-state index contributed by atoms with van der Waals surface area (Å²) >= 11 is 0. The van der Waals surface area contributed by atoms with Crippen molar-refractivity contribution in [2.45, 2.75) is 78.7 Å². The molecule has 0 saturated carbocycles. The van der Waals surface area contributed by atoms with Gasteiger partial charge in [0.15, 0.2) is 0 Å². The quantitative estimate of drug-likeness (QED) is 0.682. The average molecular weight is 368 g/mol. The molecule has 2 aromatic rings. The normalized spacial score (nSPS) is 14.1. The molecule has 0 spiro atoms. The summed E-state index contributed by atoms with van der Waals surface area (Å²) in [6, 6.07) is 4.90. The fraction of sp³-hybridized carbons (Fsp3) is 0.565. The maximum absolute atomic E-state index is 5.74. The lowest BCUT2D eigenvalue weighted by atomic mass is 10.0. The van der Waals surface area contributed by atoms with E-state index in [1.807, 2.05) is 0 Å². The highest BCUT2D eigenvalue weighted by molar-refractivity contribution is 5.72. The van der Waals surface area contributed by atoms with E-state index in [1.54, 1.807) is 7.11 Å². The Morgan fingerprint density at radius 1 is 1.04 bits per heavy atom. The second kappa shape index (κ2) is 8.73. The van der Waals surface area contributed by atoms with Crippen molar-refractivity contribution in [1.29, 1.82) is 0 Å². The van der Waals surface area contributed by atoms with E-state index in [0.717, 1.165) is 72.7 Å². The van der Waals surface area contributed by atoms with Gasteiger partial charge in [0.1, 0.15) is 11.6 Å². The van der Waals surface area contributed by atoms with Crippen LogP contribution in [-0.2, 0) is 25.7 Å². The molecule has 1 N–H and O–H groups in total. The molecule has 1 aliphatic carbocycles. The maximum atomic E-state index is 5.74. The van der Waals surface area contributed by atoms with E-state index in [-0.39, 0.29) is 0 Å². The molecule has 0 aliphatic heterocycles. The SMILES string of the molecule is CCCC(C)Nc1nc(CC)c(-c2cc3c(cc2OC)CCC3)nc1CC. The highest BCUT2D eigenvalue weighted by atomic mass is 16.5. The highest BCUT2D eigenvalue weighted by Gasteiger charge is 2.21. The van der Waals surface area contributed by atoms with Gasteiger partial charge in [-0.25, -0.2) is 9.97 Å². The number of methoxy groups -OCH3 is 1. The van der Waals surface area contributed by atoms with Gasteiger partial charge in [0, 0.05) is 11.6 Å². The van der Waals surface area contributed by atoms with Crippen LogP contribution in [-0.4, -0.2) is 23.1 Å². The van der Waals surface area contributed by atoms with E-state index < -0.39 is 0 Å². The average Bonchev–Trinajstić information content (AvgIpc) is 3.14. The van der Waals surface area contributed by atoms with Crippen molar-refractivity contribution in [3.63, 3.8) is 0 Å². The molecule has 0 amide bonds. The molecule has 1 heterocycles. The Morgan fingerprint density at radius 2 is 1.74 bits per heavy atom. The number of nitrogens with one attached hydrogen (secondary N) is 1. The Balaban J connectivity index is 2.08. The molecule has 0 fully saturated rings. The molecule has 1 aromatic carbocycles. The van der Waals surface area contributed by atoms with E-state index in [9.17, 15) is 0 Å². The lowest BCUT2D eigenvalue weighted by molar-refractivity contribution is 0.415. The molecule has 146 valence electrons. The van der Waals surface area contributed by atoms with Crippen LogP contribution in [0.2, 0.25) is 0 Å². The zero-order chi connectivity index (χ0) is 19.4. The number of ether oxygens (including phenoxy) is 1. The van der Waals surface area contributed by atoms with Crippen LogP contribution in [0.4, 0.5) is 5.82 Å². The van der Waals surface area contributed by atoms with Crippen molar-refractivity contribution in [1.82, 2.24) is 9.97 Å². The molecule has 1 aromatic heterocycles. The minimum Gasteiger partial charge on any atom is -0.496 e. The van der Waals surface area contributed by atoms with E-state index >= 15 is 0 Å². The number of aromatic nitrogens is 2. The number of rotatable bonds is 8. The van der Waals surface area contributed by atoms with Crippen LogP contribution in [0.1, 0.15) is 69.5 Å². The summed E-state index contributed by atoms with van der Waals surface area (Å²) in [5, 5.41) is 3.58. The summed E-state index contributed by atoms with van der Waals surface area (Å²) in [5.41, 5.74) is 7.00. The fourth-order valence-corrected chi connectivity index (χ4v) is 4.02. The molecule has 4 heteroatoms. The van der Waals surface area contributed by atoms with E-state index in [2.05, 4.69) is 45.1 Å². The first kappa shape index (κ1) is 19.7. The Bertz CT molecular complexity index is 801. The van der Waals surface area contributed by atoms with Crippen LogP contribution in [0.5, 0.6) is 5.75 Å². The minimum atomic E-state index is 0.402. The van der Waals surface area contributed by atoms with Crippen LogP contribution in [0, 0.1) is 0 Å². The molecule has 0 bridgehead atoms. The molecule has 0 saturated heterocycles. The van der Waals surface area contributed by atoms with Crippen LogP contribution in [0.15, 0.2) is 12.1 Å². The molecular weight excluding hydrogens is 334 g/mol. The van der Waals surface area contributed by atoms with E-state index in [1.165, 1.54) is 17.5 Å². The van der Waals surface area contributed by atoms with Crippen molar-refractivity contribution in [3.8, 4) is 17.0 Å². The Kier molecular flexibility index (Phi) is 6.35. The number of benzene rings is 1. The number of fused-ring (bicyclic) bond motifs is 1. The zero-order valence-corrected chi connectivity index (χ0v) is 17.5. The molecule has 27 heavy (non-hydrogen) atoms. The molecule has 4 nitrogen and oxygen atoms in total. The third kappa shape index (κ3) is 4.10. The minimum absolute atomic E-state index is 0.402. The fourth-order valence-electron chi connectivity index (χ4n) is 4.02. The van der Waals surface area contributed by atoms with Gasteiger partial charge in [-0.2, -0.15) is 0 Å².